The monoisotopic (exact) mass is 491 g/mol. The molecule has 3 aromatic rings. The maximum absolute atomic E-state index is 13.2. The molecular formula is C25H25N5O4S. The van der Waals surface area contributed by atoms with Crippen LogP contribution in [0, 0.1) is 6.92 Å². The van der Waals surface area contributed by atoms with Crippen molar-refractivity contribution in [3.05, 3.63) is 86.6 Å². The standard InChI is InChI=1S/C25H25N5O4S/c1-15-10-11-20(35-15)22(31)27-19-9-5-8-18-21(19)24(33)30(23(18)32)14-17-7-4-6-16(12-17)13-26-25(34)28-29(2)3/h4-12H,13-14H2,1-3H3,(H,27,31)(H2,26,28,34). The molecule has 4 rings (SSSR count). The van der Waals surface area contributed by atoms with Crippen LogP contribution in [-0.2, 0) is 13.1 Å². The molecule has 1 aliphatic rings. The van der Waals surface area contributed by atoms with Crippen LogP contribution in [0.3, 0.4) is 0 Å². The summed E-state index contributed by atoms with van der Waals surface area (Å²) >= 11 is 1.35. The molecule has 1 aromatic heterocycles. The molecule has 0 spiro atoms. The summed E-state index contributed by atoms with van der Waals surface area (Å²) in [6.45, 7) is 2.26. The molecule has 180 valence electrons. The van der Waals surface area contributed by atoms with E-state index in [2.05, 4.69) is 16.1 Å². The summed E-state index contributed by atoms with van der Waals surface area (Å²) in [4.78, 5) is 53.4. The molecule has 2 aromatic carbocycles. The number of nitrogens with zero attached hydrogens (tertiary/aromatic N) is 2. The first-order valence-corrected chi connectivity index (χ1v) is 11.7. The number of hydrazine groups is 1. The summed E-state index contributed by atoms with van der Waals surface area (Å²) in [6, 6.07) is 15.4. The molecular weight excluding hydrogens is 466 g/mol. The Morgan fingerprint density at radius 2 is 1.71 bits per heavy atom. The minimum Gasteiger partial charge on any atom is -0.333 e. The molecule has 0 unspecified atom stereocenters. The Morgan fingerprint density at radius 1 is 0.971 bits per heavy atom. The van der Waals surface area contributed by atoms with Gasteiger partial charge in [-0.15, -0.1) is 11.3 Å². The SMILES string of the molecule is Cc1ccc(C(=O)Nc2cccc3c2C(=O)N(Cc2cccc(CNC(=O)NN(C)C)c2)C3=O)s1. The second kappa shape index (κ2) is 10.1. The number of nitrogens with one attached hydrogen (secondary N) is 3. The van der Waals surface area contributed by atoms with E-state index in [-0.39, 0.29) is 36.2 Å². The van der Waals surface area contributed by atoms with Crippen LogP contribution in [0.2, 0.25) is 0 Å². The number of rotatable bonds is 7. The third-order valence-electron chi connectivity index (χ3n) is 5.32. The first-order chi connectivity index (χ1) is 16.7. The van der Waals surface area contributed by atoms with E-state index in [0.29, 0.717) is 10.6 Å². The second-order valence-corrected chi connectivity index (χ2v) is 9.59. The zero-order chi connectivity index (χ0) is 25.1. The summed E-state index contributed by atoms with van der Waals surface area (Å²) in [5.41, 5.74) is 4.92. The minimum absolute atomic E-state index is 0.0710. The average Bonchev–Trinajstić information content (AvgIpc) is 3.35. The Bertz CT molecular complexity index is 1320. The Kier molecular flexibility index (Phi) is 6.94. The minimum atomic E-state index is -0.461. The molecule has 0 bridgehead atoms. The van der Waals surface area contributed by atoms with E-state index in [1.165, 1.54) is 21.2 Å². The van der Waals surface area contributed by atoms with Crippen molar-refractivity contribution in [3.63, 3.8) is 0 Å². The van der Waals surface area contributed by atoms with Gasteiger partial charge in [-0.3, -0.25) is 24.7 Å². The lowest BCUT2D eigenvalue weighted by molar-refractivity contribution is 0.0642. The van der Waals surface area contributed by atoms with Gasteiger partial charge < -0.3 is 10.6 Å². The summed E-state index contributed by atoms with van der Waals surface area (Å²) in [7, 11) is 3.42. The van der Waals surface area contributed by atoms with Gasteiger partial charge in [-0.1, -0.05) is 30.3 Å². The van der Waals surface area contributed by atoms with Gasteiger partial charge in [-0.05, 0) is 42.3 Å². The highest BCUT2D eigenvalue weighted by molar-refractivity contribution is 7.14. The number of fused-ring (bicyclic) bond motifs is 1. The van der Waals surface area contributed by atoms with Gasteiger partial charge in [-0.25, -0.2) is 9.80 Å². The molecule has 1 aliphatic heterocycles. The maximum Gasteiger partial charge on any atom is 0.329 e. The van der Waals surface area contributed by atoms with Crippen LogP contribution in [0.15, 0.2) is 54.6 Å². The normalized spacial score (nSPS) is 12.6. The lowest BCUT2D eigenvalue weighted by Crippen LogP contribution is -2.42. The number of anilines is 1. The van der Waals surface area contributed by atoms with Crippen molar-refractivity contribution >= 4 is 40.8 Å². The second-order valence-electron chi connectivity index (χ2n) is 8.30. The molecule has 0 atom stereocenters. The Balaban J connectivity index is 1.49. The van der Waals surface area contributed by atoms with E-state index < -0.39 is 11.8 Å². The fraction of sp³-hybridized carbons (Fsp3) is 0.200. The predicted octanol–water partition coefficient (Wildman–Crippen LogP) is 3.38. The molecule has 10 heteroatoms. The summed E-state index contributed by atoms with van der Waals surface area (Å²) in [5, 5.41) is 7.06. The van der Waals surface area contributed by atoms with Crippen molar-refractivity contribution < 1.29 is 19.2 Å². The molecule has 2 heterocycles. The average molecular weight is 492 g/mol. The molecule has 0 saturated carbocycles. The Hall–Kier alpha value is -4.02. The smallest absolute Gasteiger partial charge is 0.329 e. The summed E-state index contributed by atoms with van der Waals surface area (Å²) in [6.07, 6.45) is 0. The van der Waals surface area contributed by atoms with Crippen LogP contribution >= 0.6 is 11.3 Å². The molecule has 35 heavy (non-hydrogen) atoms. The van der Waals surface area contributed by atoms with Crippen LogP contribution < -0.4 is 16.1 Å². The van der Waals surface area contributed by atoms with E-state index >= 15 is 0 Å². The fourth-order valence-electron chi connectivity index (χ4n) is 3.77. The molecule has 0 saturated heterocycles. The van der Waals surface area contributed by atoms with Crippen molar-refractivity contribution in [2.45, 2.75) is 20.0 Å². The third-order valence-corrected chi connectivity index (χ3v) is 6.32. The van der Waals surface area contributed by atoms with E-state index in [9.17, 15) is 19.2 Å². The van der Waals surface area contributed by atoms with Crippen molar-refractivity contribution in [1.82, 2.24) is 20.7 Å². The number of amides is 5. The lowest BCUT2D eigenvalue weighted by atomic mass is 10.1. The number of urea groups is 1. The van der Waals surface area contributed by atoms with Gasteiger partial charge in [0.2, 0.25) is 0 Å². The zero-order valence-electron chi connectivity index (χ0n) is 19.5. The quantitative estimate of drug-likeness (QED) is 0.347. The van der Waals surface area contributed by atoms with E-state index in [4.69, 9.17) is 0 Å². The number of thiophene rings is 1. The van der Waals surface area contributed by atoms with Gasteiger partial charge in [0.25, 0.3) is 17.7 Å². The molecule has 0 radical (unpaired) electrons. The molecule has 5 amide bonds. The third kappa shape index (κ3) is 5.39. The molecule has 0 fully saturated rings. The highest BCUT2D eigenvalue weighted by atomic mass is 32.1. The predicted molar refractivity (Wildman–Crippen MR) is 133 cm³/mol. The van der Waals surface area contributed by atoms with Gasteiger partial charge in [0.05, 0.1) is 28.2 Å². The van der Waals surface area contributed by atoms with Crippen molar-refractivity contribution in [1.29, 1.82) is 0 Å². The number of hydrogen-bond donors (Lipinski definition) is 3. The summed E-state index contributed by atoms with van der Waals surface area (Å²) < 4.78 is 0. The van der Waals surface area contributed by atoms with Crippen LogP contribution in [0.25, 0.3) is 0 Å². The van der Waals surface area contributed by atoms with Crippen molar-refractivity contribution in [2.75, 3.05) is 19.4 Å². The first-order valence-electron chi connectivity index (χ1n) is 10.9. The van der Waals surface area contributed by atoms with E-state index in [1.54, 1.807) is 38.4 Å². The van der Waals surface area contributed by atoms with Gasteiger partial charge in [0.15, 0.2) is 0 Å². The van der Waals surface area contributed by atoms with Gasteiger partial charge >= 0.3 is 6.03 Å². The largest absolute Gasteiger partial charge is 0.333 e. The Labute approximate surface area is 206 Å². The Morgan fingerprint density at radius 3 is 2.43 bits per heavy atom. The van der Waals surface area contributed by atoms with Crippen molar-refractivity contribution in [2.24, 2.45) is 0 Å². The molecule has 0 aliphatic carbocycles. The zero-order valence-corrected chi connectivity index (χ0v) is 20.4. The number of hydrogen-bond acceptors (Lipinski definition) is 6. The maximum atomic E-state index is 13.2. The van der Waals surface area contributed by atoms with Gasteiger partial charge in [-0.2, -0.15) is 0 Å². The van der Waals surface area contributed by atoms with E-state index in [1.807, 2.05) is 37.3 Å². The number of aryl methyl sites for hydroxylation is 1. The van der Waals surface area contributed by atoms with E-state index in [0.717, 1.165) is 16.0 Å². The first kappa shape index (κ1) is 24.1. The topological polar surface area (TPSA) is 111 Å². The highest BCUT2D eigenvalue weighted by Gasteiger charge is 2.37. The van der Waals surface area contributed by atoms with Crippen LogP contribution in [0.5, 0.6) is 0 Å². The van der Waals surface area contributed by atoms with Crippen molar-refractivity contribution in [3.8, 4) is 0 Å². The van der Waals surface area contributed by atoms with Crippen LogP contribution in [0.1, 0.15) is 46.4 Å². The number of carbonyl (C=O) groups excluding carboxylic acids is 4. The highest BCUT2D eigenvalue weighted by Crippen LogP contribution is 2.31. The van der Waals surface area contributed by atoms with Gasteiger partial charge in [0.1, 0.15) is 0 Å². The molecule has 9 nitrogen and oxygen atoms in total. The lowest BCUT2D eigenvalue weighted by Gasteiger charge is -2.16. The fourth-order valence-corrected chi connectivity index (χ4v) is 4.53. The summed E-state index contributed by atoms with van der Waals surface area (Å²) in [5.74, 6) is -1.20. The number of imide groups is 1. The van der Waals surface area contributed by atoms with Crippen LogP contribution in [0.4, 0.5) is 10.5 Å². The number of benzene rings is 2. The molecule has 3 N–H and O–H groups in total. The van der Waals surface area contributed by atoms with Gasteiger partial charge in [0, 0.05) is 25.5 Å². The van der Waals surface area contributed by atoms with Crippen LogP contribution in [-0.4, -0.2) is 47.8 Å². The number of carbonyl (C=O) groups is 4.